The molecule has 1 atom stereocenters. The van der Waals surface area contributed by atoms with Gasteiger partial charge in [0.15, 0.2) is 0 Å². The average molecular weight is 278 g/mol. The van der Waals surface area contributed by atoms with Gasteiger partial charge in [-0.2, -0.15) is 0 Å². The van der Waals surface area contributed by atoms with Crippen LogP contribution in [0.5, 0.6) is 0 Å². The standard InChI is InChI=1S/C15H20ClN3/c1-3-9-15(2,17)14-18-12-6-4-5-11(16)13(12)19(14)10-7-8-10/h4-6,10H,3,7-9,17H2,1-2H3. The van der Waals surface area contributed by atoms with Crippen LogP contribution in [-0.2, 0) is 5.54 Å². The normalized spacial score (nSPS) is 18.7. The van der Waals surface area contributed by atoms with Crippen LogP contribution in [0.4, 0.5) is 0 Å². The van der Waals surface area contributed by atoms with Gasteiger partial charge in [-0.15, -0.1) is 0 Å². The molecule has 1 saturated carbocycles. The van der Waals surface area contributed by atoms with Crippen molar-refractivity contribution in [1.29, 1.82) is 0 Å². The zero-order valence-corrected chi connectivity index (χ0v) is 12.2. The average Bonchev–Trinajstić information content (AvgIpc) is 3.09. The van der Waals surface area contributed by atoms with E-state index in [-0.39, 0.29) is 5.54 Å². The van der Waals surface area contributed by atoms with Crippen LogP contribution in [0.2, 0.25) is 5.02 Å². The molecule has 1 aliphatic carbocycles. The molecule has 3 nitrogen and oxygen atoms in total. The monoisotopic (exact) mass is 277 g/mol. The minimum Gasteiger partial charge on any atom is -0.322 e. The maximum Gasteiger partial charge on any atom is 0.130 e. The topological polar surface area (TPSA) is 43.8 Å². The van der Waals surface area contributed by atoms with E-state index in [1.807, 2.05) is 18.2 Å². The van der Waals surface area contributed by atoms with Crippen LogP contribution >= 0.6 is 11.6 Å². The Balaban J connectivity index is 2.24. The summed E-state index contributed by atoms with van der Waals surface area (Å²) in [7, 11) is 0. The molecule has 0 spiro atoms. The summed E-state index contributed by atoms with van der Waals surface area (Å²) < 4.78 is 2.29. The van der Waals surface area contributed by atoms with Crippen molar-refractivity contribution in [3.8, 4) is 0 Å². The Morgan fingerprint density at radius 2 is 2.21 bits per heavy atom. The van der Waals surface area contributed by atoms with Crippen molar-refractivity contribution in [3.05, 3.63) is 29.0 Å². The van der Waals surface area contributed by atoms with E-state index in [4.69, 9.17) is 22.3 Å². The van der Waals surface area contributed by atoms with Crippen molar-refractivity contribution in [2.24, 2.45) is 5.73 Å². The summed E-state index contributed by atoms with van der Waals surface area (Å²) in [5, 5.41) is 0.774. The molecular formula is C15H20ClN3. The predicted octanol–water partition coefficient (Wildman–Crippen LogP) is 4.00. The summed E-state index contributed by atoms with van der Waals surface area (Å²) in [5.74, 6) is 0.986. The Kier molecular flexibility index (Phi) is 3.06. The molecule has 0 saturated heterocycles. The molecule has 0 radical (unpaired) electrons. The molecule has 1 fully saturated rings. The van der Waals surface area contributed by atoms with Crippen LogP contribution in [0.15, 0.2) is 18.2 Å². The highest BCUT2D eigenvalue weighted by Gasteiger charge is 2.35. The Morgan fingerprint density at radius 3 is 2.84 bits per heavy atom. The van der Waals surface area contributed by atoms with Gasteiger partial charge in [-0.25, -0.2) is 4.98 Å². The van der Waals surface area contributed by atoms with Gasteiger partial charge < -0.3 is 10.3 Å². The van der Waals surface area contributed by atoms with Crippen molar-refractivity contribution in [1.82, 2.24) is 9.55 Å². The molecule has 19 heavy (non-hydrogen) atoms. The van der Waals surface area contributed by atoms with Crippen molar-refractivity contribution in [3.63, 3.8) is 0 Å². The molecule has 1 aliphatic rings. The minimum atomic E-state index is -0.389. The summed E-state index contributed by atoms with van der Waals surface area (Å²) in [6.45, 7) is 4.23. The maximum atomic E-state index is 6.50. The number of imidazole rings is 1. The molecule has 102 valence electrons. The van der Waals surface area contributed by atoms with Crippen LogP contribution in [0.1, 0.15) is 51.4 Å². The quantitative estimate of drug-likeness (QED) is 0.918. The van der Waals surface area contributed by atoms with E-state index in [1.165, 1.54) is 12.8 Å². The summed E-state index contributed by atoms with van der Waals surface area (Å²) in [4.78, 5) is 4.78. The van der Waals surface area contributed by atoms with Gasteiger partial charge in [-0.3, -0.25) is 0 Å². The van der Waals surface area contributed by atoms with Gasteiger partial charge in [0, 0.05) is 6.04 Å². The summed E-state index contributed by atoms with van der Waals surface area (Å²) in [5.41, 5.74) is 8.12. The molecule has 1 unspecified atom stereocenters. The van der Waals surface area contributed by atoms with E-state index in [0.717, 1.165) is 34.7 Å². The molecular weight excluding hydrogens is 258 g/mol. The first kappa shape index (κ1) is 12.9. The number of rotatable bonds is 4. The molecule has 1 aromatic carbocycles. The largest absolute Gasteiger partial charge is 0.322 e. The molecule has 0 bridgehead atoms. The van der Waals surface area contributed by atoms with Crippen molar-refractivity contribution in [2.75, 3.05) is 0 Å². The molecule has 0 aliphatic heterocycles. The van der Waals surface area contributed by atoms with Gasteiger partial charge in [-0.1, -0.05) is 31.0 Å². The summed E-state index contributed by atoms with van der Waals surface area (Å²) in [6, 6.07) is 6.43. The first-order valence-corrected chi connectivity index (χ1v) is 7.38. The van der Waals surface area contributed by atoms with Gasteiger partial charge in [0.2, 0.25) is 0 Å². The van der Waals surface area contributed by atoms with E-state index in [1.54, 1.807) is 0 Å². The highest BCUT2D eigenvalue weighted by atomic mass is 35.5. The number of para-hydroxylation sites is 1. The number of nitrogens with two attached hydrogens (primary N) is 1. The van der Waals surface area contributed by atoms with Crippen LogP contribution in [0.3, 0.4) is 0 Å². The fourth-order valence-corrected chi connectivity index (χ4v) is 3.09. The van der Waals surface area contributed by atoms with E-state index in [2.05, 4.69) is 18.4 Å². The summed E-state index contributed by atoms with van der Waals surface area (Å²) >= 11 is 6.37. The SMILES string of the molecule is CCCC(C)(N)c1nc2cccc(Cl)c2n1C1CC1. The van der Waals surface area contributed by atoms with Crippen molar-refractivity contribution in [2.45, 2.75) is 51.1 Å². The number of halogens is 1. The third-order valence-electron chi connectivity index (χ3n) is 3.85. The summed E-state index contributed by atoms with van der Waals surface area (Å²) in [6.07, 6.45) is 4.38. The molecule has 4 heteroatoms. The van der Waals surface area contributed by atoms with E-state index in [9.17, 15) is 0 Å². The van der Waals surface area contributed by atoms with Crippen molar-refractivity contribution < 1.29 is 0 Å². The van der Waals surface area contributed by atoms with Crippen LogP contribution in [0, 0.1) is 0 Å². The second kappa shape index (κ2) is 4.50. The molecule has 0 amide bonds. The zero-order chi connectivity index (χ0) is 13.6. The molecule has 2 N–H and O–H groups in total. The lowest BCUT2D eigenvalue weighted by molar-refractivity contribution is 0.402. The Hall–Kier alpha value is -1.06. The first-order chi connectivity index (χ1) is 9.04. The van der Waals surface area contributed by atoms with Gasteiger partial charge >= 0.3 is 0 Å². The highest BCUT2D eigenvalue weighted by Crippen LogP contribution is 2.42. The lowest BCUT2D eigenvalue weighted by atomic mass is 9.96. The predicted molar refractivity (Wildman–Crippen MR) is 79.5 cm³/mol. The number of nitrogens with zero attached hydrogens (tertiary/aromatic N) is 2. The van der Waals surface area contributed by atoms with E-state index in [0.29, 0.717) is 6.04 Å². The Morgan fingerprint density at radius 1 is 1.47 bits per heavy atom. The van der Waals surface area contributed by atoms with Crippen molar-refractivity contribution >= 4 is 22.6 Å². The van der Waals surface area contributed by atoms with Crippen LogP contribution in [0.25, 0.3) is 11.0 Å². The highest BCUT2D eigenvalue weighted by molar-refractivity contribution is 6.35. The molecule has 1 aromatic heterocycles. The fraction of sp³-hybridized carbons (Fsp3) is 0.533. The number of hydrogen-bond acceptors (Lipinski definition) is 2. The van der Waals surface area contributed by atoms with Gasteiger partial charge in [0.05, 0.1) is 21.6 Å². The van der Waals surface area contributed by atoms with Gasteiger partial charge in [-0.05, 0) is 38.3 Å². The number of benzene rings is 1. The molecule has 3 rings (SSSR count). The third kappa shape index (κ3) is 2.15. The lowest BCUT2D eigenvalue weighted by Crippen LogP contribution is -2.36. The Bertz CT molecular complexity index is 611. The van der Waals surface area contributed by atoms with E-state index >= 15 is 0 Å². The maximum absolute atomic E-state index is 6.50. The second-order valence-corrected chi connectivity index (χ2v) is 6.22. The third-order valence-corrected chi connectivity index (χ3v) is 4.16. The second-order valence-electron chi connectivity index (χ2n) is 5.81. The lowest BCUT2D eigenvalue weighted by Gasteiger charge is -2.25. The smallest absolute Gasteiger partial charge is 0.130 e. The number of aromatic nitrogens is 2. The molecule has 2 aromatic rings. The minimum absolute atomic E-state index is 0.389. The van der Waals surface area contributed by atoms with Crippen LogP contribution < -0.4 is 5.73 Å². The molecule has 1 heterocycles. The fourth-order valence-electron chi connectivity index (χ4n) is 2.83. The number of hydrogen-bond donors (Lipinski definition) is 1. The Labute approximate surface area is 118 Å². The van der Waals surface area contributed by atoms with Gasteiger partial charge in [0.25, 0.3) is 0 Å². The number of fused-ring (bicyclic) bond motifs is 1. The van der Waals surface area contributed by atoms with Crippen LogP contribution in [-0.4, -0.2) is 9.55 Å². The van der Waals surface area contributed by atoms with Gasteiger partial charge in [0.1, 0.15) is 5.82 Å². The van der Waals surface area contributed by atoms with E-state index < -0.39 is 0 Å². The zero-order valence-electron chi connectivity index (χ0n) is 11.5. The first-order valence-electron chi connectivity index (χ1n) is 7.00.